The third-order valence-electron chi connectivity index (χ3n) is 3.57. The van der Waals surface area contributed by atoms with Crippen molar-refractivity contribution in [2.45, 2.75) is 19.4 Å². The molecule has 0 aliphatic carbocycles. The molecule has 2 aromatic rings. The van der Waals surface area contributed by atoms with Crippen molar-refractivity contribution >= 4 is 5.97 Å². The monoisotopic (exact) mass is 273 g/mol. The number of aryl methyl sites for hydroxylation is 1. The zero-order chi connectivity index (χ0) is 14.3. The van der Waals surface area contributed by atoms with E-state index < -0.39 is 17.2 Å². The summed E-state index contributed by atoms with van der Waals surface area (Å²) in [6.45, 7) is 0.699. The third kappa shape index (κ3) is 1.91. The zero-order valence-corrected chi connectivity index (χ0v) is 10.6. The van der Waals surface area contributed by atoms with Gasteiger partial charge in [0, 0.05) is 24.0 Å². The topological polar surface area (TPSA) is 59.3 Å². The van der Waals surface area contributed by atoms with Crippen LogP contribution in [0.3, 0.4) is 0 Å². The van der Waals surface area contributed by atoms with Crippen LogP contribution >= 0.6 is 0 Å². The Morgan fingerprint density at radius 3 is 2.60 bits per heavy atom. The molecule has 0 saturated heterocycles. The van der Waals surface area contributed by atoms with Crippen molar-refractivity contribution in [2.24, 2.45) is 0 Å². The van der Waals surface area contributed by atoms with E-state index in [0.717, 1.165) is 6.42 Å². The molecule has 2 heterocycles. The molecule has 20 heavy (non-hydrogen) atoms. The Bertz CT molecular complexity index is 747. The molecule has 1 N–H and O–H groups in total. The minimum atomic E-state index is -1.20. The molecule has 5 heteroatoms. The highest BCUT2D eigenvalue weighted by Crippen LogP contribution is 2.23. The van der Waals surface area contributed by atoms with E-state index in [2.05, 4.69) is 0 Å². The van der Waals surface area contributed by atoms with Crippen molar-refractivity contribution in [3.05, 3.63) is 57.8 Å². The molecule has 0 atom stereocenters. The van der Waals surface area contributed by atoms with Gasteiger partial charge in [-0.1, -0.05) is 12.1 Å². The molecule has 0 fully saturated rings. The summed E-state index contributed by atoms with van der Waals surface area (Å²) < 4.78 is 14.8. The molecule has 0 amide bonds. The van der Waals surface area contributed by atoms with Gasteiger partial charge in [0.2, 0.25) is 5.43 Å². The van der Waals surface area contributed by atoms with Crippen molar-refractivity contribution < 1.29 is 14.3 Å². The van der Waals surface area contributed by atoms with E-state index in [4.69, 9.17) is 0 Å². The van der Waals surface area contributed by atoms with Gasteiger partial charge in [0.15, 0.2) is 0 Å². The quantitative estimate of drug-likeness (QED) is 0.913. The smallest absolute Gasteiger partial charge is 0.341 e. The Morgan fingerprint density at radius 2 is 1.95 bits per heavy atom. The van der Waals surface area contributed by atoms with E-state index in [1.54, 1.807) is 6.20 Å². The number of hydrogen-bond donors (Lipinski definition) is 1. The number of pyridine rings is 1. The molecule has 1 aromatic carbocycles. The van der Waals surface area contributed by atoms with E-state index in [-0.39, 0.29) is 5.56 Å². The predicted molar refractivity (Wildman–Crippen MR) is 71.4 cm³/mol. The number of aromatic carboxylic acids is 1. The molecule has 1 aliphatic rings. The SMILES string of the molecule is O=C(O)c1c2n(cc(-c3ccc(F)cc3)c1=O)CCC2. The largest absolute Gasteiger partial charge is 0.477 e. The predicted octanol–water partition coefficient (Wildman–Crippen LogP) is 2.30. The molecule has 1 aliphatic heterocycles. The number of carbonyl (C=O) groups is 1. The summed E-state index contributed by atoms with van der Waals surface area (Å²) in [5.41, 5.74) is 0.740. The second-order valence-electron chi connectivity index (χ2n) is 4.80. The lowest BCUT2D eigenvalue weighted by molar-refractivity contribution is 0.0693. The summed E-state index contributed by atoms with van der Waals surface area (Å²) >= 11 is 0. The Hall–Kier alpha value is -2.43. The summed E-state index contributed by atoms with van der Waals surface area (Å²) in [5, 5.41) is 9.27. The van der Waals surface area contributed by atoms with E-state index in [1.807, 2.05) is 4.57 Å². The number of carboxylic acids is 1. The van der Waals surface area contributed by atoms with Crippen LogP contribution in [0.15, 0.2) is 35.3 Å². The number of hydrogen-bond acceptors (Lipinski definition) is 2. The van der Waals surface area contributed by atoms with E-state index >= 15 is 0 Å². The molecule has 4 nitrogen and oxygen atoms in total. The first-order valence-corrected chi connectivity index (χ1v) is 6.33. The van der Waals surface area contributed by atoms with Gasteiger partial charge in [0.25, 0.3) is 0 Å². The van der Waals surface area contributed by atoms with E-state index in [9.17, 15) is 19.1 Å². The van der Waals surface area contributed by atoms with Gasteiger partial charge in [-0.25, -0.2) is 9.18 Å². The lowest BCUT2D eigenvalue weighted by atomic mass is 10.0. The lowest BCUT2D eigenvalue weighted by Gasteiger charge is -2.10. The van der Waals surface area contributed by atoms with Gasteiger partial charge in [0.1, 0.15) is 11.4 Å². The van der Waals surface area contributed by atoms with E-state index in [0.29, 0.717) is 29.8 Å². The molecule has 1 aromatic heterocycles. The number of halogens is 1. The summed E-state index contributed by atoms with van der Waals surface area (Å²) in [6.07, 6.45) is 3.09. The number of carboxylic acid groups (broad SMARTS) is 1. The average Bonchev–Trinajstić information content (AvgIpc) is 2.86. The third-order valence-corrected chi connectivity index (χ3v) is 3.57. The Kier molecular flexibility index (Phi) is 2.89. The van der Waals surface area contributed by atoms with Crippen LogP contribution in [0.4, 0.5) is 4.39 Å². The highest BCUT2D eigenvalue weighted by molar-refractivity contribution is 5.90. The Morgan fingerprint density at radius 1 is 1.25 bits per heavy atom. The van der Waals surface area contributed by atoms with Crippen LogP contribution in [0.25, 0.3) is 11.1 Å². The summed E-state index contributed by atoms with van der Waals surface area (Å²) in [7, 11) is 0. The maximum atomic E-state index is 13.0. The Balaban J connectivity index is 2.27. The number of benzene rings is 1. The molecular weight excluding hydrogens is 261 g/mol. The standard InChI is InChI=1S/C15H12FNO3/c16-10-5-3-9(4-6-10)11-8-17-7-1-2-12(17)13(14(11)18)15(19)20/h3-6,8H,1-2,7H2,(H,19,20). The maximum absolute atomic E-state index is 13.0. The van der Waals surface area contributed by atoms with Crippen molar-refractivity contribution in [2.75, 3.05) is 0 Å². The minimum absolute atomic E-state index is 0.163. The second kappa shape index (κ2) is 4.59. The molecule has 102 valence electrons. The molecular formula is C15H12FNO3. The molecule has 0 spiro atoms. The van der Waals surface area contributed by atoms with Crippen molar-refractivity contribution in [3.8, 4) is 11.1 Å². The summed E-state index contributed by atoms with van der Waals surface area (Å²) in [5.74, 6) is -1.60. The van der Waals surface area contributed by atoms with Gasteiger partial charge >= 0.3 is 5.97 Å². The zero-order valence-electron chi connectivity index (χ0n) is 10.6. The van der Waals surface area contributed by atoms with Gasteiger partial charge in [-0.05, 0) is 30.5 Å². The second-order valence-corrected chi connectivity index (χ2v) is 4.80. The first kappa shape index (κ1) is 12.6. The van der Waals surface area contributed by atoms with Crippen LogP contribution in [-0.4, -0.2) is 15.6 Å². The molecule has 0 saturated carbocycles. The van der Waals surface area contributed by atoms with Crippen LogP contribution in [0, 0.1) is 5.82 Å². The van der Waals surface area contributed by atoms with Gasteiger partial charge in [-0.2, -0.15) is 0 Å². The van der Waals surface area contributed by atoms with Crippen LogP contribution in [0.5, 0.6) is 0 Å². The molecule has 0 radical (unpaired) electrons. The van der Waals surface area contributed by atoms with Gasteiger partial charge in [-0.3, -0.25) is 4.79 Å². The first-order valence-electron chi connectivity index (χ1n) is 6.33. The fourth-order valence-electron chi connectivity index (χ4n) is 2.64. The normalized spacial score (nSPS) is 13.2. The summed E-state index contributed by atoms with van der Waals surface area (Å²) in [4.78, 5) is 23.7. The van der Waals surface area contributed by atoms with Gasteiger partial charge < -0.3 is 9.67 Å². The van der Waals surface area contributed by atoms with Crippen LogP contribution in [0.1, 0.15) is 22.5 Å². The van der Waals surface area contributed by atoms with Gasteiger partial charge in [0.05, 0.1) is 0 Å². The molecule has 0 bridgehead atoms. The van der Waals surface area contributed by atoms with Gasteiger partial charge in [-0.15, -0.1) is 0 Å². The highest BCUT2D eigenvalue weighted by Gasteiger charge is 2.24. The number of rotatable bonds is 2. The number of nitrogens with zero attached hydrogens (tertiary/aromatic N) is 1. The molecule has 0 unspecified atom stereocenters. The average molecular weight is 273 g/mol. The fourth-order valence-corrected chi connectivity index (χ4v) is 2.64. The fraction of sp³-hybridized carbons (Fsp3) is 0.200. The molecule has 3 rings (SSSR count). The minimum Gasteiger partial charge on any atom is -0.477 e. The van der Waals surface area contributed by atoms with Crippen molar-refractivity contribution in [3.63, 3.8) is 0 Å². The van der Waals surface area contributed by atoms with E-state index in [1.165, 1.54) is 24.3 Å². The number of aromatic nitrogens is 1. The van der Waals surface area contributed by atoms with Crippen molar-refractivity contribution in [1.29, 1.82) is 0 Å². The number of fused-ring (bicyclic) bond motifs is 1. The van der Waals surface area contributed by atoms with Crippen LogP contribution in [0.2, 0.25) is 0 Å². The van der Waals surface area contributed by atoms with Crippen LogP contribution < -0.4 is 5.43 Å². The van der Waals surface area contributed by atoms with Crippen molar-refractivity contribution in [1.82, 2.24) is 4.57 Å². The first-order chi connectivity index (χ1) is 9.58. The summed E-state index contributed by atoms with van der Waals surface area (Å²) in [6, 6.07) is 5.49. The Labute approximate surface area is 114 Å². The highest BCUT2D eigenvalue weighted by atomic mass is 19.1. The maximum Gasteiger partial charge on any atom is 0.341 e. The lowest BCUT2D eigenvalue weighted by Crippen LogP contribution is -2.22. The van der Waals surface area contributed by atoms with Crippen LogP contribution in [-0.2, 0) is 13.0 Å².